The maximum Gasteiger partial charge on any atom is 0.170 e. The lowest BCUT2D eigenvalue weighted by Crippen LogP contribution is -2.27. The molecule has 4 rings (SSSR count). The minimum Gasteiger partial charge on any atom is -0.508 e. The second-order valence-corrected chi connectivity index (χ2v) is 5.45. The van der Waals surface area contributed by atoms with Crippen molar-refractivity contribution in [3.05, 3.63) is 65.9 Å². The molecule has 110 valence electrons. The zero-order valence-corrected chi connectivity index (χ0v) is 12.1. The first-order chi connectivity index (χ1) is 10.8. The number of aromatic hydroxyl groups is 1. The molecule has 0 saturated heterocycles. The first kappa shape index (κ1) is 13.0. The lowest BCUT2D eigenvalue weighted by Gasteiger charge is -2.18. The largest absolute Gasteiger partial charge is 0.508 e. The van der Waals surface area contributed by atoms with Crippen LogP contribution in [0.1, 0.15) is 11.3 Å². The van der Waals surface area contributed by atoms with Crippen molar-refractivity contribution in [2.45, 2.75) is 6.54 Å². The van der Waals surface area contributed by atoms with Gasteiger partial charge in [0.05, 0.1) is 6.54 Å². The fraction of sp³-hybridized carbons (Fsp3) is 0.167. The number of aliphatic imine (C=N–C) groups is 1. The Morgan fingerprint density at radius 2 is 1.95 bits per heavy atom. The van der Waals surface area contributed by atoms with Gasteiger partial charge in [0.15, 0.2) is 11.6 Å². The molecule has 0 radical (unpaired) electrons. The number of rotatable bonds is 3. The van der Waals surface area contributed by atoms with E-state index in [9.17, 15) is 5.11 Å². The molecular weight excluding hydrogens is 276 g/mol. The lowest BCUT2D eigenvalue weighted by atomic mass is 10.2. The van der Waals surface area contributed by atoms with Gasteiger partial charge in [-0.15, -0.1) is 0 Å². The molecule has 0 saturated carbocycles. The zero-order valence-electron chi connectivity index (χ0n) is 12.1. The summed E-state index contributed by atoms with van der Waals surface area (Å²) in [4.78, 5) is 6.82. The van der Waals surface area contributed by atoms with Gasteiger partial charge in [-0.1, -0.05) is 30.3 Å². The molecule has 0 spiro atoms. The van der Waals surface area contributed by atoms with Crippen LogP contribution < -0.4 is 0 Å². The van der Waals surface area contributed by atoms with Crippen LogP contribution in [0.25, 0.3) is 11.0 Å². The molecule has 4 heteroatoms. The van der Waals surface area contributed by atoms with Crippen LogP contribution in [-0.2, 0) is 6.54 Å². The first-order valence-corrected chi connectivity index (χ1v) is 7.36. The first-order valence-electron chi connectivity index (χ1n) is 7.36. The molecule has 2 aromatic carbocycles. The molecule has 22 heavy (non-hydrogen) atoms. The lowest BCUT2D eigenvalue weighted by molar-refractivity contribution is 0.442. The maximum atomic E-state index is 9.57. The smallest absolute Gasteiger partial charge is 0.170 e. The number of hydrogen-bond donors (Lipinski definition) is 1. The van der Waals surface area contributed by atoms with E-state index in [0.29, 0.717) is 0 Å². The normalized spacial score (nSPS) is 14.5. The summed E-state index contributed by atoms with van der Waals surface area (Å²) in [6.45, 7) is 2.50. The predicted octanol–water partition coefficient (Wildman–Crippen LogP) is 3.40. The number of hydrogen-bond acceptors (Lipinski definition) is 4. The summed E-state index contributed by atoms with van der Waals surface area (Å²) in [6, 6.07) is 17.4. The van der Waals surface area contributed by atoms with Crippen LogP contribution in [-0.4, -0.2) is 28.9 Å². The number of phenolic OH excluding ortho intramolecular Hbond substituents is 1. The van der Waals surface area contributed by atoms with Crippen molar-refractivity contribution in [1.82, 2.24) is 4.90 Å². The SMILES string of the molecule is Oc1ccc2oc(C3=NCCN3Cc3ccccc3)cc2c1. The van der Waals surface area contributed by atoms with Gasteiger partial charge in [-0.3, -0.25) is 4.99 Å². The Morgan fingerprint density at radius 1 is 1.09 bits per heavy atom. The molecule has 3 aromatic rings. The third kappa shape index (κ3) is 2.33. The Balaban J connectivity index is 1.64. The molecule has 1 aliphatic rings. The van der Waals surface area contributed by atoms with Crippen molar-refractivity contribution in [3.8, 4) is 5.75 Å². The maximum absolute atomic E-state index is 9.57. The standard InChI is InChI=1S/C18H16N2O2/c21-15-6-7-16-14(10-15)11-17(22-16)18-19-8-9-20(18)12-13-4-2-1-3-5-13/h1-7,10-11,21H,8-9,12H2. The molecule has 0 amide bonds. The molecule has 0 fully saturated rings. The Hall–Kier alpha value is -2.75. The minimum absolute atomic E-state index is 0.245. The third-order valence-corrected chi connectivity index (χ3v) is 3.87. The van der Waals surface area contributed by atoms with Gasteiger partial charge in [-0.25, -0.2) is 0 Å². The highest BCUT2D eigenvalue weighted by atomic mass is 16.3. The monoisotopic (exact) mass is 292 g/mol. The number of nitrogens with zero attached hydrogens (tertiary/aromatic N) is 2. The highest BCUT2D eigenvalue weighted by molar-refractivity contribution is 6.00. The highest BCUT2D eigenvalue weighted by Gasteiger charge is 2.22. The van der Waals surface area contributed by atoms with Crippen LogP contribution >= 0.6 is 0 Å². The van der Waals surface area contributed by atoms with Crippen LogP contribution in [0.5, 0.6) is 5.75 Å². The fourth-order valence-corrected chi connectivity index (χ4v) is 2.81. The van der Waals surface area contributed by atoms with Crippen LogP contribution in [0.3, 0.4) is 0 Å². The molecule has 1 aromatic heterocycles. The summed E-state index contributed by atoms with van der Waals surface area (Å²) >= 11 is 0. The highest BCUT2D eigenvalue weighted by Crippen LogP contribution is 2.26. The van der Waals surface area contributed by atoms with E-state index in [4.69, 9.17) is 4.42 Å². The van der Waals surface area contributed by atoms with Crippen molar-refractivity contribution < 1.29 is 9.52 Å². The van der Waals surface area contributed by atoms with Gasteiger partial charge in [0.1, 0.15) is 11.3 Å². The molecule has 2 heterocycles. The van der Waals surface area contributed by atoms with Crippen LogP contribution in [0.2, 0.25) is 0 Å². The van der Waals surface area contributed by atoms with Gasteiger partial charge in [-0.05, 0) is 29.8 Å². The minimum atomic E-state index is 0.245. The van der Waals surface area contributed by atoms with Gasteiger partial charge in [0.2, 0.25) is 0 Å². The molecule has 0 atom stereocenters. The molecule has 1 aliphatic heterocycles. The molecule has 4 nitrogen and oxygen atoms in total. The number of fused-ring (bicyclic) bond motifs is 1. The van der Waals surface area contributed by atoms with Crippen LogP contribution in [0.15, 0.2) is 64.0 Å². The second kappa shape index (κ2) is 5.22. The van der Waals surface area contributed by atoms with E-state index in [1.807, 2.05) is 24.3 Å². The predicted molar refractivity (Wildman–Crippen MR) is 86.1 cm³/mol. The van der Waals surface area contributed by atoms with E-state index in [-0.39, 0.29) is 5.75 Å². The number of furan rings is 1. The fourth-order valence-electron chi connectivity index (χ4n) is 2.81. The van der Waals surface area contributed by atoms with E-state index in [1.165, 1.54) is 5.56 Å². The van der Waals surface area contributed by atoms with E-state index < -0.39 is 0 Å². The quantitative estimate of drug-likeness (QED) is 0.805. The van der Waals surface area contributed by atoms with Gasteiger partial charge >= 0.3 is 0 Å². The molecule has 0 unspecified atom stereocenters. The summed E-state index contributed by atoms with van der Waals surface area (Å²) in [7, 11) is 0. The second-order valence-electron chi connectivity index (χ2n) is 5.45. The summed E-state index contributed by atoms with van der Waals surface area (Å²) in [5.74, 6) is 1.89. The molecule has 1 N–H and O–H groups in total. The van der Waals surface area contributed by atoms with Gasteiger partial charge in [-0.2, -0.15) is 0 Å². The summed E-state index contributed by atoms with van der Waals surface area (Å²) < 4.78 is 5.89. The van der Waals surface area contributed by atoms with Crippen molar-refractivity contribution >= 4 is 16.8 Å². The van der Waals surface area contributed by atoms with Crippen molar-refractivity contribution in [2.24, 2.45) is 4.99 Å². The topological polar surface area (TPSA) is 49.0 Å². The summed E-state index contributed by atoms with van der Waals surface area (Å²) in [5, 5.41) is 10.5. The zero-order chi connectivity index (χ0) is 14.9. The Kier molecular flexibility index (Phi) is 3.07. The molecule has 0 aliphatic carbocycles. The van der Waals surface area contributed by atoms with Gasteiger partial charge in [0, 0.05) is 18.5 Å². The van der Waals surface area contributed by atoms with Gasteiger partial charge in [0.25, 0.3) is 0 Å². The number of amidine groups is 1. The number of phenols is 1. The average Bonchev–Trinajstić information content (AvgIpc) is 3.14. The Bertz CT molecular complexity index is 837. The summed E-state index contributed by atoms with van der Waals surface area (Å²) in [6.07, 6.45) is 0. The van der Waals surface area contributed by atoms with Crippen LogP contribution in [0.4, 0.5) is 0 Å². The third-order valence-electron chi connectivity index (χ3n) is 3.87. The van der Waals surface area contributed by atoms with Crippen molar-refractivity contribution in [3.63, 3.8) is 0 Å². The van der Waals surface area contributed by atoms with Crippen LogP contribution in [0, 0.1) is 0 Å². The average molecular weight is 292 g/mol. The van der Waals surface area contributed by atoms with Gasteiger partial charge < -0.3 is 14.4 Å². The van der Waals surface area contributed by atoms with Crippen molar-refractivity contribution in [1.29, 1.82) is 0 Å². The molecule has 0 bridgehead atoms. The van der Waals surface area contributed by atoms with E-state index in [2.05, 4.69) is 22.0 Å². The summed E-state index contributed by atoms with van der Waals surface area (Å²) in [5.41, 5.74) is 2.02. The number of benzene rings is 2. The Labute approximate surface area is 128 Å². The van der Waals surface area contributed by atoms with E-state index in [1.54, 1.807) is 18.2 Å². The van der Waals surface area contributed by atoms with E-state index >= 15 is 0 Å². The van der Waals surface area contributed by atoms with Crippen molar-refractivity contribution in [2.75, 3.05) is 13.1 Å². The Morgan fingerprint density at radius 3 is 2.82 bits per heavy atom. The van der Waals surface area contributed by atoms with E-state index in [0.717, 1.165) is 42.2 Å². The molecular formula is C18H16N2O2.